The topological polar surface area (TPSA) is 103 Å². The van der Waals surface area contributed by atoms with Gasteiger partial charge in [0.15, 0.2) is 17.5 Å². The lowest BCUT2D eigenvalue weighted by molar-refractivity contribution is 0.00691. The van der Waals surface area contributed by atoms with Gasteiger partial charge in [-0.25, -0.2) is 14.2 Å². The largest absolute Gasteiger partial charge is 0.464 e. The van der Waals surface area contributed by atoms with E-state index in [1.165, 1.54) is 6.42 Å². The number of H-pyrrole nitrogens is 1. The smallest absolute Gasteiger partial charge is 0.321 e. The van der Waals surface area contributed by atoms with Crippen LogP contribution in [0.4, 0.5) is 20.8 Å². The Morgan fingerprint density at radius 1 is 1.35 bits per heavy atom. The molecule has 0 saturated carbocycles. The van der Waals surface area contributed by atoms with Crippen LogP contribution in [0.25, 0.3) is 0 Å². The first-order chi connectivity index (χ1) is 16.1. The average molecular weight is 473 g/mol. The van der Waals surface area contributed by atoms with Crippen molar-refractivity contribution in [3.63, 3.8) is 0 Å². The molecule has 2 aromatic heterocycles. The number of nitrogens with zero attached hydrogens (tertiary/aromatic N) is 6. The van der Waals surface area contributed by atoms with E-state index in [1.54, 1.807) is 0 Å². The minimum absolute atomic E-state index is 0.0192. The molecule has 0 spiro atoms. The summed E-state index contributed by atoms with van der Waals surface area (Å²) in [5.41, 5.74) is 1.11. The first-order valence-corrected chi connectivity index (χ1v) is 12.0. The van der Waals surface area contributed by atoms with Gasteiger partial charge in [-0.2, -0.15) is 10.1 Å². The number of ether oxygens (including phenoxy) is 1. The van der Waals surface area contributed by atoms with Gasteiger partial charge in [-0.3, -0.25) is 10.00 Å². The molecule has 3 aliphatic heterocycles. The van der Waals surface area contributed by atoms with Crippen molar-refractivity contribution in [1.29, 1.82) is 0 Å². The average Bonchev–Trinajstić information content (AvgIpc) is 3.43. The maximum absolute atomic E-state index is 14.4. The quantitative estimate of drug-likeness (QED) is 0.704. The second kappa shape index (κ2) is 8.07. The van der Waals surface area contributed by atoms with Gasteiger partial charge < -0.3 is 19.9 Å². The number of amides is 2. The molecule has 0 aliphatic carbocycles. The van der Waals surface area contributed by atoms with E-state index in [1.807, 2.05) is 30.6 Å². The number of nitrogens with one attached hydrogen (secondary N) is 2. The maximum Gasteiger partial charge on any atom is 0.321 e. The van der Waals surface area contributed by atoms with Crippen molar-refractivity contribution in [3.05, 3.63) is 23.3 Å². The molecule has 2 amide bonds. The van der Waals surface area contributed by atoms with E-state index in [-0.39, 0.29) is 29.4 Å². The number of hydrogen-bond donors (Lipinski definition) is 2. The Bertz CT molecular complexity index is 1100. The Balaban J connectivity index is 1.38. The lowest BCUT2D eigenvalue weighted by Crippen LogP contribution is -2.65. The van der Waals surface area contributed by atoms with Crippen molar-refractivity contribution in [3.8, 4) is 6.01 Å². The molecule has 2 N–H and O–H groups in total. The molecular formula is C23H33FN8O2. The summed E-state index contributed by atoms with van der Waals surface area (Å²) < 4.78 is 19.7. The fraction of sp³-hybridized carbons (Fsp3) is 0.652. The highest BCUT2D eigenvalue weighted by Gasteiger charge is 2.50. The molecule has 3 aliphatic rings. The molecule has 2 atom stereocenters. The number of carbonyl (C=O) groups excluding carboxylic acids is 1. The Morgan fingerprint density at radius 2 is 2.15 bits per heavy atom. The normalized spacial score (nSPS) is 25.9. The maximum atomic E-state index is 14.4. The third kappa shape index (κ3) is 3.57. The van der Waals surface area contributed by atoms with Crippen LogP contribution in [0.3, 0.4) is 0 Å². The van der Waals surface area contributed by atoms with E-state index >= 15 is 0 Å². The molecule has 2 aromatic rings. The number of piperazine rings is 1. The summed E-state index contributed by atoms with van der Waals surface area (Å²) in [5, 5.41) is 10.4. The molecule has 0 unspecified atom stereocenters. The van der Waals surface area contributed by atoms with E-state index < -0.39 is 11.4 Å². The van der Waals surface area contributed by atoms with Crippen molar-refractivity contribution >= 4 is 17.7 Å². The van der Waals surface area contributed by atoms with Gasteiger partial charge in [-0.1, -0.05) is 0 Å². The number of aromatic nitrogens is 4. The molecule has 2 fully saturated rings. The monoisotopic (exact) mass is 472 g/mol. The summed E-state index contributed by atoms with van der Waals surface area (Å²) in [4.78, 5) is 28.2. The number of rotatable bonds is 4. The molecule has 2 saturated heterocycles. The predicted molar refractivity (Wildman–Crippen MR) is 124 cm³/mol. The van der Waals surface area contributed by atoms with Gasteiger partial charge in [-0.15, -0.1) is 0 Å². The lowest BCUT2D eigenvalue weighted by atomic mass is 9.94. The summed E-state index contributed by atoms with van der Waals surface area (Å²) in [7, 11) is 0. The van der Waals surface area contributed by atoms with Crippen molar-refractivity contribution in [2.45, 2.75) is 71.1 Å². The number of carbonyl (C=O) groups is 1. The molecule has 10 nitrogen and oxygen atoms in total. The second-order valence-corrected chi connectivity index (χ2v) is 10.3. The fourth-order valence-electron chi connectivity index (χ4n) is 5.60. The molecule has 184 valence electrons. The van der Waals surface area contributed by atoms with Crippen LogP contribution in [-0.2, 0) is 12.1 Å². The highest BCUT2D eigenvalue weighted by Crippen LogP contribution is 2.43. The van der Waals surface area contributed by atoms with Gasteiger partial charge in [-0.05, 0) is 54.0 Å². The Morgan fingerprint density at radius 3 is 2.91 bits per heavy atom. The van der Waals surface area contributed by atoms with Gasteiger partial charge >= 0.3 is 12.0 Å². The lowest BCUT2D eigenvalue weighted by Gasteiger charge is -2.50. The summed E-state index contributed by atoms with van der Waals surface area (Å²) in [5.74, 6) is -0.185. The fourth-order valence-corrected chi connectivity index (χ4v) is 5.60. The molecule has 0 bridgehead atoms. The summed E-state index contributed by atoms with van der Waals surface area (Å²) in [6.45, 7) is 13.7. The number of urea groups is 1. The van der Waals surface area contributed by atoms with E-state index in [0.29, 0.717) is 19.0 Å². The first-order valence-electron chi connectivity index (χ1n) is 12.0. The van der Waals surface area contributed by atoms with Gasteiger partial charge in [0.25, 0.3) is 0 Å². The van der Waals surface area contributed by atoms with E-state index in [4.69, 9.17) is 4.74 Å². The van der Waals surface area contributed by atoms with Crippen LogP contribution in [0.2, 0.25) is 0 Å². The second-order valence-electron chi connectivity index (χ2n) is 10.3. The summed E-state index contributed by atoms with van der Waals surface area (Å²) in [6.07, 6.45) is 3.35. The molecule has 5 rings (SSSR count). The van der Waals surface area contributed by atoms with Gasteiger partial charge in [0, 0.05) is 30.2 Å². The molecular weight excluding hydrogens is 439 g/mol. The zero-order valence-corrected chi connectivity index (χ0v) is 20.5. The Kier molecular flexibility index (Phi) is 5.42. The SMILES string of the molecule is CCOc1ncc(F)c(Nc2n[nH]c3c2CN(C(=O)N2C[C@]4(C)CCCN4C[C@@H]2C)C3(C)C)n1. The van der Waals surface area contributed by atoms with Crippen LogP contribution in [-0.4, -0.2) is 78.7 Å². The van der Waals surface area contributed by atoms with Crippen molar-refractivity contribution < 1.29 is 13.9 Å². The van der Waals surface area contributed by atoms with E-state index in [2.05, 4.69) is 44.2 Å². The summed E-state index contributed by atoms with van der Waals surface area (Å²) in [6, 6.07) is 0.244. The minimum atomic E-state index is -0.609. The van der Waals surface area contributed by atoms with Crippen molar-refractivity contribution in [2.75, 3.05) is 31.6 Å². The molecule has 11 heteroatoms. The van der Waals surface area contributed by atoms with Gasteiger partial charge in [0.1, 0.15) is 0 Å². The van der Waals surface area contributed by atoms with Crippen LogP contribution in [0.1, 0.15) is 58.7 Å². The number of aromatic amines is 1. The Hall–Kier alpha value is -2.95. The van der Waals surface area contributed by atoms with Crippen molar-refractivity contribution in [1.82, 2.24) is 34.9 Å². The molecule has 34 heavy (non-hydrogen) atoms. The third-order valence-electron chi connectivity index (χ3n) is 7.61. The van der Waals surface area contributed by atoms with Crippen LogP contribution >= 0.6 is 0 Å². The van der Waals surface area contributed by atoms with Gasteiger partial charge in [0.2, 0.25) is 0 Å². The summed E-state index contributed by atoms with van der Waals surface area (Å²) >= 11 is 0. The molecule has 5 heterocycles. The van der Waals surface area contributed by atoms with Crippen molar-refractivity contribution in [2.24, 2.45) is 0 Å². The number of fused-ring (bicyclic) bond motifs is 2. The van der Waals surface area contributed by atoms with Gasteiger partial charge in [0.05, 0.1) is 30.6 Å². The molecule has 0 radical (unpaired) electrons. The number of anilines is 2. The highest BCUT2D eigenvalue weighted by molar-refractivity contribution is 5.78. The van der Waals surface area contributed by atoms with E-state index in [0.717, 1.165) is 43.5 Å². The standard InChI is InChI=1S/C23H33FN8O2/c1-6-34-20-25-10-16(24)19(27-20)26-18-15-12-32(22(3,4)17(15)28-29-18)21(33)31-13-23(5)8-7-9-30(23)11-14(31)2/h10,14H,6-9,11-13H2,1-5H3,(H2,25,26,27,28,29)/t14-,23-/m0/s1. The molecule has 0 aromatic carbocycles. The first kappa shape index (κ1) is 22.8. The van der Waals surface area contributed by atoms with Crippen LogP contribution < -0.4 is 10.1 Å². The van der Waals surface area contributed by atoms with Crippen LogP contribution in [0.15, 0.2) is 6.20 Å². The third-order valence-corrected chi connectivity index (χ3v) is 7.61. The van der Waals surface area contributed by atoms with Crippen LogP contribution in [0.5, 0.6) is 6.01 Å². The zero-order chi connectivity index (χ0) is 24.3. The number of halogens is 1. The zero-order valence-electron chi connectivity index (χ0n) is 20.5. The number of hydrogen-bond acceptors (Lipinski definition) is 7. The highest BCUT2D eigenvalue weighted by atomic mass is 19.1. The van der Waals surface area contributed by atoms with E-state index in [9.17, 15) is 9.18 Å². The Labute approximate surface area is 198 Å². The minimum Gasteiger partial charge on any atom is -0.464 e. The predicted octanol–water partition coefficient (Wildman–Crippen LogP) is 3.21. The van der Waals surface area contributed by atoms with Crippen LogP contribution in [0, 0.1) is 5.82 Å².